The van der Waals surface area contributed by atoms with Crippen LogP contribution in [0.2, 0.25) is 0 Å². The van der Waals surface area contributed by atoms with Gasteiger partial charge in [0.05, 0.1) is 6.10 Å². The van der Waals surface area contributed by atoms with Crippen molar-refractivity contribution in [1.29, 1.82) is 0 Å². The summed E-state index contributed by atoms with van der Waals surface area (Å²) in [4.78, 5) is 0. The second kappa shape index (κ2) is 6.72. The number of rotatable bonds is 4. The van der Waals surface area contributed by atoms with E-state index in [0.717, 1.165) is 16.8 Å². The molecule has 3 atom stereocenters. The molecule has 1 nitrogen and oxygen atoms in total. The van der Waals surface area contributed by atoms with Crippen LogP contribution in [-0.4, -0.2) is 11.2 Å². The molecule has 0 aromatic heterocycles. The third-order valence-corrected chi connectivity index (χ3v) is 4.77. The van der Waals surface area contributed by atoms with Crippen molar-refractivity contribution in [3.8, 4) is 0 Å². The molecule has 18 heavy (non-hydrogen) atoms. The quantitative estimate of drug-likeness (QED) is 0.863. The van der Waals surface area contributed by atoms with Gasteiger partial charge in [0.15, 0.2) is 0 Å². The van der Waals surface area contributed by atoms with Gasteiger partial charge in [0.25, 0.3) is 0 Å². The second-order valence-corrected chi connectivity index (χ2v) is 6.52. The largest absolute Gasteiger partial charge is 0.392 e. The third-order valence-electron chi connectivity index (χ3n) is 4.28. The van der Waals surface area contributed by atoms with Crippen LogP contribution < -0.4 is 0 Å². The molecule has 100 valence electrons. The normalized spacial score (nSPS) is 25.9. The van der Waals surface area contributed by atoms with Crippen molar-refractivity contribution in [3.05, 3.63) is 34.3 Å². The number of aliphatic hydroxyl groups is 1. The topological polar surface area (TPSA) is 20.2 Å². The average molecular weight is 311 g/mol. The van der Waals surface area contributed by atoms with E-state index >= 15 is 0 Å². The van der Waals surface area contributed by atoms with E-state index in [0.29, 0.717) is 5.92 Å². The van der Waals surface area contributed by atoms with Gasteiger partial charge in [-0.15, -0.1) is 0 Å². The molecule has 1 aliphatic carbocycles. The fourth-order valence-electron chi connectivity index (χ4n) is 3.12. The molecule has 0 aliphatic heterocycles. The lowest BCUT2D eigenvalue weighted by atomic mass is 9.76. The summed E-state index contributed by atoms with van der Waals surface area (Å²) in [6.07, 6.45) is 6.95. The number of benzene rings is 1. The van der Waals surface area contributed by atoms with Gasteiger partial charge in [0, 0.05) is 4.47 Å². The smallest absolute Gasteiger partial charge is 0.0608 e. The van der Waals surface area contributed by atoms with Crippen LogP contribution >= 0.6 is 15.9 Å². The lowest BCUT2D eigenvalue weighted by Gasteiger charge is -2.31. The first-order valence-electron chi connectivity index (χ1n) is 7.11. The maximum atomic E-state index is 10.4. The molecule has 0 spiro atoms. The summed E-state index contributed by atoms with van der Waals surface area (Å²) in [5.41, 5.74) is 1.23. The molecule has 1 aromatic carbocycles. The molecule has 1 saturated carbocycles. The first-order chi connectivity index (χ1) is 8.69. The molecule has 1 aliphatic rings. The van der Waals surface area contributed by atoms with Crippen molar-refractivity contribution in [2.24, 2.45) is 11.8 Å². The Morgan fingerprint density at radius 1 is 1.39 bits per heavy atom. The first kappa shape index (κ1) is 14.1. The summed E-state index contributed by atoms with van der Waals surface area (Å²) in [6.45, 7) is 2.27. The van der Waals surface area contributed by atoms with Crippen LogP contribution in [0.25, 0.3) is 0 Å². The van der Waals surface area contributed by atoms with Gasteiger partial charge < -0.3 is 5.11 Å². The summed E-state index contributed by atoms with van der Waals surface area (Å²) < 4.78 is 1.10. The Hall–Kier alpha value is -0.340. The van der Waals surface area contributed by atoms with Crippen molar-refractivity contribution >= 4 is 15.9 Å². The summed E-state index contributed by atoms with van der Waals surface area (Å²) >= 11 is 3.49. The van der Waals surface area contributed by atoms with E-state index in [-0.39, 0.29) is 6.10 Å². The van der Waals surface area contributed by atoms with Crippen molar-refractivity contribution in [2.45, 2.75) is 51.6 Å². The zero-order chi connectivity index (χ0) is 13.0. The third kappa shape index (κ3) is 3.83. The van der Waals surface area contributed by atoms with Gasteiger partial charge in [-0.2, -0.15) is 0 Å². The highest BCUT2D eigenvalue weighted by Gasteiger charge is 2.26. The molecule has 0 heterocycles. The number of hydrogen-bond acceptors (Lipinski definition) is 1. The number of halogens is 1. The van der Waals surface area contributed by atoms with Crippen molar-refractivity contribution < 1.29 is 5.11 Å². The van der Waals surface area contributed by atoms with E-state index in [1.165, 1.54) is 37.7 Å². The highest BCUT2D eigenvalue weighted by atomic mass is 79.9. The van der Waals surface area contributed by atoms with Crippen LogP contribution in [0, 0.1) is 11.8 Å². The molecule has 1 fully saturated rings. The molecular formula is C16H23BrO. The molecule has 3 unspecified atom stereocenters. The molecule has 2 heteroatoms. The van der Waals surface area contributed by atoms with E-state index in [1.807, 2.05) is 12.1 Å². The molecule has 0 radical (unpaired) electrons. The van der Waals surface area contributed by atoms with Gasteiger partial charge in [-0.05, 0) is 48.8 Å². The standard InChI is InChI=1S/C16H23BrO/c1-2-12-5-3-7-14(9-12)16(18)11-13-6-4-8-15(17)10-13/h4,6,8,10,12,14,16,18H,2-3,5,7,9,11H2,1H3. The van der Waals surface area contributed by atoms with E-state index in [9.17, 15) is 5.11 Å². The van der Waals surface area contributed by atoms with Crippen molar-refractivity contribution in [1.82, 2.24) is 0 Å². The van der Waals surface area contributed by atoms with Crippen LogP contribution in [0.4, 0.5) is 0 Å². The van der Waals surface area contributed by atoms with Gasteiger partial charge in [0.1, 0.15) is 0 Å². The van der Waals surface area contributed by atoms with E-state index in [2.05, 4.69) is 35.0 Å². The Morgan fingerprint density at radius 2 is 2.22 bits per heavy atom. The van der Waals surface area contributed by atoms with Crippen LogP contribution in [0.3, 0.4) is 0 Å². The fourth-order valence-corrected chi connectivity index (χ4v) is 3.57. The van der Waals surface area contributed by atoms with Crippen LogP contribution in [0.5, 0.6) is 0 Å². The Morgan fingerprint density at radius 3 is 2.94 bits per heavy atom. The maximum Gasteiger partial charge on any atom is 0.0608 e. The second-order valence-electron chi connectivity index (χ2n) is 5.60. The monoisotopic (exact) mass is 310 g/mol. The van der Waals surface area contributed by atoms with Crippen molar-refractivity contribution in [2.75, 3.05) is 0 Å². The molecule has 1 N–H and O–H groups in total. The molecule has 0 saturated heterocycles. The Labute approximate surface area is 119 Å². The van der Waals surface area contributed by atoms with Gasteiger partial charge in [0.2, 0.25) is 0 Å². The van der Waals surface area contributed by atoms with Gasteiger partial charge in [-0.3, -0.25) is 0 Å². The Kier molecular flexibility index (Phi) is 5.25. The zero-order valence-electron chi connectivity index (χ0n) is 11.1. The lowest BCUT2D eigenvalue weighted by molar-refractivity contribution is 0.0685. The Bertz CT molecular complexity index is 377. The zero-order valence-corrected chi connectivity index (χ0v) is 12.7. The van der Waals surface area contributed by atoms with Gasteiger partial charge in [-0.1, -0.05) is 54.2 Å². The summed E-state index contributed by atoms with van der Waals surface area (Å²) in [7, 11) is 0. The van der Waals surface area contributed by atoms with Gasteiger partial charge in [-0.25, -0.2) is 0 Å². The summed E-state index contributed by atoms with van der Waals surface area (Å²) in [6, 6.07) is 8.29. The van der Waals surface area contributed by atoms with E-state index < -0.39 is 0 Å². The number of aliphatic hydroxyl groups excluding tert-OH is 1. The molecule has 1 aromatic rings. The lowest BCUT2D eigenvalue weighted by Crippen LogP contribution is -2.28. The molecule has 2 rings (SSSR count). The molecular weight excluding hydrogens is 288 g/mol. The van der Waals surface area contributed by atoms with Gasteiger partial charge >= 0.3 is 0 Å². The highest BCUT2D eigenvalue weighted by molar-refractivity contribution is 9.10. The number of hydrogen-bond donors (Lipinski definition) is 1. The van der Waals surface area contributed by atoms with Crippen LogP contribution in [0.1, 0.15) is 44.6 Å². The summed E-state index contributed by atoms with van der Waals surface area (Å²) in [5, 5.41) is 10.4. The maximum absolute atomic E-state index is 10.4. The van der Waals surface area contributed by atoms with E-state index in [4.69, 9.17) is 0 Å². The minimum atomic E-state index is -0.173. The van der Waals surface area contributed by atoms with Crippen LogP contribution in [-0.2, 0) is 6.42 Å². The predicted octanol–water partition coefficient (Wildman–Crippen LogP) is 4.57. The Balaban J connectivity index is 1.93. The average Bonchev–Trinajstić information content (AvgIpc) is 2.39. The SMILES string of the molecule is CCC1CCCC(C(O)Cc2cccc(Br)c2)C1. The minimum Gasteiger partial charge on any atom is -0.392 e. The highest BCUT2D eigenvalue weighted by Crippen LogP contribution is 2.33. The fraction of sp³-hybridized carbons (Fsp3) is 0.625. The molecule has 0 amide bonds. The molecule has 0 bridgehead atoms. The summed E-state index contributed by atoms with van der Waals surface area (Å²) in [5.74, 6) is 1.34. The first-order valence-corrected chi connectivity index (χ1v) is 7.91. The predicted molar refractivity (Wildman–Crippen MR) is 79.6 cm³/mol. The van der Waals surface area contributed by atoms with Crippen LogP contribution in [0.15, 0.2) is 28.7 Å². The minimum absolute atomic E-state index is 0.173. The van der Waals surface area contributed by atoms with E-state index in [1.54, 1.807) is 0 Å². The van der Waals surface area contributed by atoms with Crippen molar-refractivity contribution in [3.63, 3.8) is 0 Å².